The normalized spacial score (nSPS) is 28.4. The van der Waals surface area contributed by atoms with E-state index in [9.17, 15) is 0 Å². The van der Waals surface area contributed by atoms with E-state index in [1.54, 1.807) is 0 Å². The average molecular weight is 228 g/mol. The quantitative estimate of drug-likeness (QED) is 0.650. The lowest BCUT2D eigenvalue weighted by Gasteiger charge is -2.31. The molecule has 0 saturated heterocycles. The summed E-state index contributed by atoms with van der Waals surface area (Å²) in [6, 6.07) is 0. The van der Waals surface area contributed by atoms with Crippen molar-refractivity contribution in [2.45, 2.75) is 71.5 Å². The first-order valence-electron chi connectivity index (χ1n) is 6.40. The Hall–Kier alpha value is 0.350. The van der Waals surface area contributed by atoms with Gasteiger partial charge in [-0.3, -0.25) is 0 Å². The molecule has 0 amide bonds. The zero-order valence-corrected chi connectivity index (χ0v) is 12.0. The molecule has 1 heteroatoms. The van der Waals surface area contributed by atoms with Gasteiger partial charge in [0.1, 0.15) is 0 Å². The smallest absolute Gasteiger partial charge is 0.00759 e. The van der Waals surface area contributed by atoms with Crippen LogP contribution in [0.4, 0.5) is 0 Å². The second-order valence-electron chi connectivity index (χ2n) is 7.23. The zero-order chi connectivity index (χ0) is 11.7. The van der Waals surface area contributed by atoms with Gasteiger partial charge in [-0.15, -0.1) is 0 Å². The molecule has 1 aliphatic rings. The molecule has 0 aromatic rings. The number of hydrogen-bond acceptors (Lipinski definition) is 1. The molecule has 1 saturated carbocycles. The summed E-state index contributed by atoms with van der Waals surface area (Å²) in [4.78, 5) is 0. The van der Waals surface area contributed by atoms with Crippen molar-refractivity contribution < 1.29 is 0 Å². The summed E-state index contributed by atoms with van der Waals surface area (Å²) in [5, 5.41) is 0. The van der Waals surface area contributed by atoms with E-state index in [1.165, 1.54) is 32.1 Å². The van der Waals surface area contributed by atoms with E-state index >= 15 is 0 Å². The Morgan fingerprint density at radius 2 is 1.40 bits per heavy atom. The maximum absolute atomic E-state index is 4.68. The molecule has 15 heavy (non-hydrogen) atoms. The van der Waals surface area contributed by atoms with Gasteiger partial charge in [0, 0.05) is 4.75 Å². The van der Waals surface area contributed by atoms with Crippen molar-refractivity contribution in [3.05, 3.63) is 0 Å². The standard InChI is InChI=1S/C14H28S/c1-13(2,3)9-11-7-6-8-12(11)10-14(4,5)15/h11-12,15H,6-10H2,1-5H3/t11-,12-/m0/s1. The van der Waals surface area contributed by atoms with Crippen molar-refractivity contribution in [2.75, 3.05) is 0 Å². The highest BCUT2D eigenvalue weighted by atomic mass is 32.1. The van der Waals surface area contributed by atoms with E-state index in [2.05, 4.69) is 47.2 Å². The zero-order valence-electron chi connectivity index (χ0n) is 11.1. The van der Waals surface area contributed by atoms with Crippen molar-refractivity contribution in [3.8, 4) is 0 Å². The van der Waals surface area contributed by atoms with Gasteiger partial charge in [-0.25, -0.2) is 0 Å². The third-order valence-corrected chi connectivity index (χ3v) is 3.64. The number of rotatable bonds is 3. The van der Waals surface area contributed by atoms with Gasteiger partial charge in [-0.05, 0) is 30.1 Å². The van der Waals surface area contributed by atoms with Crippen LogP contribution >= 0.6 is 12.6 Å². The molecule has 0 heterocycles. The Bertz CT molecular complexity index is 172. The van der Waals surface area contributed by atoms with Gasteiger partial charge in [0.05, 0.1) is 0 Å². The molecular formula is C14H28S. The van der Waals surface area contributed by atoms with E-state index in [0.29, 0.717) is 5.41 Å². The molecule has 0 spiro atoms. The molecule has 1 fully saturated rings. The summed E-state index contributed by atoms with van der Waals surface area (Å²) in [7, 11) is 0. The van der Waals surface area contributed by atoms with Gasteiger partial charge in [-0.1, -0.05) is 53.9 Å². The van der Waals surface area contributed by atoms with Gasteiger partial charge < -0.3 is 0 Å². The van der Waals surface area contributed by atoms with Crippen LogP contribution < -0.4 is 0 Å². The third kappa shape index (κ3) is 5.29. The predicted octanol–water partition coefficient (Wildman–Crippen LogP) is 4.94. The average Bonchev–Trinajstić information content (AvgIpc) is 2.29. The van der Waals surface area contributed by atoms with Crippen LogP contribution in [0.5, 0.6) is 0 Å². The minimum absolute atomic E-state index is 0.213. The van der Waals surface area contributed by atoms with Crippen LogP contribution in [0.3, 0.4) is 0 Å². The van der Waals surface area contributed by atoms with E-state index in [4.69, 9.17) is 0 Å². The van der Waals surface area contributed by atoms with Gasteiger partial charge in [0.25, 0.3) is 0 Å². The van der Waals surface area contributed by atoms with Crippen molar-refractivity contribution in [1.29, 1.82) is 0 Å². The van der Waals surface area contributed by atoms with Crippen molar-refractivity contribution >= 4 is 12.6 Å². The van der Waals surface area contributed by atoms with Crippen LogP contribution in [-0.2, 0) is 0 Å². The van der Waals surface area contributed by atoms with Crippen molar-refractivity contribution in [3.63, 3.8) is 0 Å². The largest absolute Gasteiger partial charge is 0.173 e. The van der Waals surface area contributed by atoms with E-state index < -0.39 is 0 Å². The van der Waals surface area contributed by atoms with Crippen molar-refractivity contribution in [2.24, 2.45) is 17.3 Å². The summed E-state index contributed by atoms with van der Waals surface area (Å²) < 4.78 is 0.213. The van der Waals surface area contributed by atoms with Crippen LogP contribution in [0.25, 0.3) is 0 Å². The molecular weight excluding hydrogens is 200 g/mol. The maximum atomic E-state index is 4.68. The monoisotopic (exact) mass is 228 g/mol. The third-order valence-electron chi connectivity index (χ3n) is 3.45. The fourth-order valence-corrected chi connectivity index (χ4v) is 3.31. The second kappa shape index (κ2) is 4.69. The van der Waals surface area contributed by atoms with Gasteiger partial charge >= 0.3 is 0 Å². The first-order valence-corrected chi connectivity index (χ1v) is 6.84. The summed E-state index contributed by atoms with van der Waals surface area (Å²) in [5.41, 5.74) is 0.494. The molecule has 0 aromatic heterocycles. The Balaban J connectivity index is 2.50. The predicted molar refractivity (Wildman–Crippen MR) is 72.6 cm³/mol. The topological polar surface area (TPSA) is 0 Å². The summed E-state index contributed by atoms with van der Waals surface area (Å²) >= 11 is 4.68. The SMILES string of the molecule is CC(C)(C)C[C@@H]1CCC[C@H]1CC(C)(C)S. The summed E-state index contributed by atoms with van der Waals surface area (Å²) in [5.74, 6) is 1.88. The van der Waals surface area contributed by atoms with Crippen LogP contribution in [0.1, 0.15) is 66.7 Å². The van der Waals surface area contributed by atoms with E-state index in [1.807, 2.05) is 0 Å². The highest BCUT2D eigenvalue weighted by Crippen LogP contribution is 2.43. The highest BCUT2D eigenvalue weighted by molar-refractivity contribution is 7.81. The number of hydrogen-bond donors (Lipinski definition) is 1. The van der Waals surface area contributed by atoms with Crippen LogP contribution in [0, 0.1) is 17.3 Å². The van der Waals surface area contributed by atoms with Crippen LogP contribution in [0.2, 0.25) is 0 Å². The van der Waals surface area contributed by atoms with Crippen molar-refractivity contribution in [1.82, 2.24) is 0 Å². The Kier molecular flexibility index (Phi) is 4.20. The first-order chi connectivity index (χ1) is 6.67. The fourth-order valence-electron chi connectivity index (χ4n) is 3.08. The second-order valence-corrected chi connectivity index (χ2v) is 8.44. The Labute approximate surface area is 102 Å². The molecule has 2 atom stereocenters. The summed E-state index contributed by atoms with van der Waals surface area (Å²) in [6.07, 6.45) is 7.00. The lowest BCUT2D eigenvalue weighted by Crippen LogP contribution is -2.23. The molecule has 0 radical (unpaired) electrons. The molecule has 0 N–H and O–H groups in total. The molecule has 90 valence electrons. The highest BCUT2D eigenvalue weighted by Gasteiger charge is 2.33. The number of thiol groups is 1. The molecule has 1 rings (SSSR count). The van der Waals surface area contributed by atoms with E-state index in [0.717, 1.165) is 11.8 Å². The van der Waals surface area contributed by atoms with Gasteiger partial charge in [0.2, 0.25) is 0 Å². The maximum Gasteiger partial charge on any atom is 0.00759 e. The Morgan fingerprint density at radius 1 is 0.933 bits per heavy atom. The minimum atomic E-state index is 0.213. The lowest BCUT2D eigenvalue weighted by molar-refractivity contribution is 0.232. The van der Waals surface area contributed by atoms with E-state index in [-0.39, 0.29) is 4.75 Å². The molecule has 0 aromatic carbocycles. The molecule has 0 nitrogen and oxygen atoms in total. The fraction of sp³-hybridized carbons (Fsp3) is 1.00. The summed E-state index contributed by atoms with van der Waals surface area (Å²) in [6.45, 7) is 11.6. The van der Waals surface area contributed by atoms with Gasteiger partial charge in [0.15, 0.2) is 0 Å². The van der Waals surface area contributed by atoms with Crippen LogP contribution in [-0.4, -0.2) is 4.75 Å². The first kappa shape index (κ1) is 13.4. The van der Waals surface area contributed by atoms with Gasteiger partial charge in [-0.2, -0.15) is 12.6 Å². The molecule has 0 aliphatic heterocycles. The van der Waals surface area contributed by atoms with Crippen LogP contribution in [0.15, 0.2) is 0 Å². The Morgan fingerprint density at radius 3 is 1.80 bits per heavy atom. The minimum Gasteiger partial charge on any atom is -0.173 e. The molecule has 0 bridgehead atoms. The molecule has 1 aliphatic carbocycles. The lowest BCUT2D eigenvalue weighted by atomic mass is 9.77. The molecule has 0 unspecified atom stereocenters.